The SMILES string of the molecule is C=C1NN=C(OCC(=O)OCC)c2ccccc2O1. The average Bonchev–Trinajstić information content (AvgIpc) is 2.55. The summed E-state index contributed by atoms with van der Waals surface area (Å²) in [6.07, 6.45) is 0. The number of fused-ring (bicyclic) bond motifs is 1. The number of para-hydroxylation sites is 1. The normalized spacial score (nSPS) is 13.3. The van der Waals surface area contributed by atoms with Gasteiger partial charge in [0, 0.05) is 0 Å². The predicted molar refractivity (Wildman–Crippen MR) is 68.5 cm³/mol. The van der Waals surface area contributed by atoms with Crippen molar-refractivity contribution in [2.45, 2.75) is 6.92 Å². The quantitative estimate of drug-likeness (QED) is 0.833. The molecule has 0 atom stereocenters. The molecule has 0 spiro atoms. The van der Waals surface area contributed by atoms with Gasteiger partial charge in [-0.15, -0.1) is 5.10 Å². The molecule has 0 aliphatic carbocycles. The van der Waals surface area contributed by atoms with Crippen LogP contribution in [0.3, 0.4) is 0 Å². The molecule has 6 nitrogen and oxygen atoms in total. The lowest BCUT2D eigenvalue weighted by atomic mass is 10.2. The Labute approximate surface area is 110 Å². The van der Waals surface area contributed by atoms with Gasteiger partial charge in [0.1, 0.15) is 5.75 Å². The summed E-state index contributed by atoms with van der Waals surface area (Å²) in [7, 11) is 0. The van der Waals surface area contributed by atoms with Crippen LogP contribution in [0.1, 0.15) is 12.5 Å². The van der Waals surface area contributed by atoms with Gasteiger partial charge in [0.15, 0.2) is 6.61 Å². The summed E-state index contributed by atoms with van der Waals surface area (Å²) >= 11 is 0. The molecule has 1 heterocycles. The first-order valence-electron chi connectivity index (χ1n) is 5.79. The zero-order valence-electron chi connectivity index (χ0n) is 10.5. The van der Waals surface area contributed by atoms with Crippen molar-refractivity contribution in [3.63, 3.8) is 0 Å². The van der Waals surface area contributed by atoms with Crippen molar-refractivity contribution < 1.29 is 19.0 Å². The second-order valence-electron chi connectivity index (χ2n) is 3.64. The van der Waals surface area contributed by atoms with E-state index >= 15 is 0 Å². The summed E-state index contributed by atoms with van der Waals surface area (Å²) in [5, 5.41) is 3.99. The molecule has 100 valence electrons. The van der Waals surface area contributed by atoms with Crippen LogP contribution in [-0.2, 0) is 14.3 Å². The number of carbonyl (C=O) groups excluding carboxylic acids is 1. The standard InChI is InChI=1S/C13H14N2O4/c1-3-17-12(16)8-18-13-10-6-4-5-7-11(10)19-9(2)14-15-13/h4-7,14H,2-3,8H2,1H3. The van der Waals surface area contributed by atoms with Crippen LogP contribution in [0.5, 0.6) is 5.75 Å². The van der Waals surface area contributed by atoms with Crippen LogP contribution < -0.4 is 10.2 Å². The van der Waals surface area contributed by atoms with Gasteiger partial charge in [-0.3, -0.25) is 0 Å². The minimum absolute atomic E-state index is 0.213. The van der Waals surface area contributed by atoms with Crippen LogP contribution in [0.15, 0.2) is 41.8 Å². The highest BCUT2D eigenvalue weighted by molar-refractivity contribution is 5.97. The number of hydrogen-bond acceptors (Lipinski definition) is 6. The van der Waals surface area contributed by atoms with Gasteiger partial charge in [-0.2, -0.15) is 0 Å². The first-order chi connectivity index (χ1) is 9.20. The number of hydrazone groups is 1. The molecule has 6 heteroatoms. The number of nitrogens with zero attached hydrogens (tertiary/aromatic N) is 1. The van der Waals surface area contributed by atoms with Crippen LogP contribution in [0.25, 0.3) is 0 Å². The van der Waals surface area contributed by atoms with E-state index in [1.807, 2.05) is 12.1 Å². The third-order valence-corrected chi connectivity index (χ3v) is 2.26. The molecule has 1 aromatic carbocycles. The van der Waals surface area contributed by atoms with Gasteiger partial charge < -0.3 is 14.2 Å². The smallest absolute Gasteiger partial charge is 0.344 e. The molecule has 0 fully saturated rings. The van der Waals surface area contributed by atoms with Gasteiger partial charge in [0.2, 0.25) is 11.8 Å². The lowest BCUT2D eigenvalue weighted by Crippen LogP contribution is -2.18. The maximum Gasteiger partial charge on any atom is 0.344 e. The Kier molecular flexibility index (Phi) is 4.02. The van der Waals surface area contributed by atoms with Crippen LogP contribution in [0.2, 0.25) is 0 Å². The second-order valence-corrected chi connectivity index (χ2v) is 3.64. The number of ether oxygens (including phenoxy) is 3. The van der Waals surface area contributed by atoms with Crippen molar-refractivity contribution in [1.82, 2.24) is 5.43 Å². The van der Waals surface area contributed by atoms with Crippen molar-refractivity contribution >= 4 is 11.9 Å². The number of rotatable bonds is 3. The van der Waals surface area contributed by atoms with Crippen LogP contribution in [0.4, 0.5) is 0 Å². The van der Waals surface area contributed by atoms with Crippen LogP contribution >= 0.6 is 0 Å². The summed E-state index contributed by atoms with van der Waals surface area (Å²) < 4.78 is 15.6. The minimum Gasteiger partial charge on any atom is -0.464 e. The summed E-state index contributed by atoms with van der Waals surface area (Å²) in [6.45, 7) is 5.47. The van der Waals surface area contributed by atoms with E-state index < -0.39 is 5.97 Å². The monoisotopic (exact) mass is 262 g/mol. The molecule has 0 aromatic heterocycles. The second kappa shape index (κ2) is 5.90. The average molecular weight is 262 g/mol. The Balaban J connectivity index is 2.15. The zero-order chi connectivity index (χ0) is 13.7. The Bertz CT molecular complexity index is 525. The van der Waals surface area contributed by atoms with Crippen molar-refractivity contribution in [2.24, 2.45) is 5.10 Å². The molecule has 0 unspecified atom stereocenters. The Hall–Kier alpha value is -2.50. The highest BCUT2D eigenvalue weighted by atomic mass is 16.6. The van der Waals surface area contributed by atoms with Gasteiger partial charge in [-0.05, 0) is 25.6 Å². The first-order valence-corrected chi connectivity index (χ1v) is 5.79. The topological polar surface area (TPSA) is 69.2 Å². The number of hydrogen-bond donors (Lipinski definition) is 1. The first kappa shape index (κ1) is 12.9. The fourth-order valence-electron chi connectivity index (χ4n) is 1.50. The van der Waals surface area contributed by atoms with Gasteiger partial charge in [0.25, 0.3) is 0 Å². The maximum atomic E-state index is 11.3. The molecular formula is C13H14N2O4. The molecule has 0 saturated heterocycles. The molecule has 0 radical (unpaired) electrons. The largest absolute Gasteiger partial charge is 0.464 e. The molecule has 0 bridgehead atoms. The molecule has 19 heavy (non-hydrogen) atoms. The van der Waals surface area contributed by atoms with E-state index in [-0.39, 0.29) is 18.4 Å². The number of nitrogens with one attached hydrogen (secondary N) is 1. The van der Waals surface area contributed by atoms with Gasteiger partial charge >= 0.3 is 5.97 Å². The zero-order valence-corrected chi connectivity index (χ0v) is 10.5. The Morgan fingerprint density at radius 1 is 1.47 bits per heavy atom. The summed E-state index contributed by atoms with van der Waals surface area (Å²) in [5.41, 5.74) is 3.23. The Morgan fingerprint density at radius 2 is 2.26 bits per heavy atom. The maximum absolute atomic E-state index is 11.3. The molecule has 1 N–H and O–H groups in total. The van der Waals surface area contributed by atoms with E-state index in [9.17, 15) is 4.79 Å². The number of benzene rings is 1. The fourth-order valence-corrected chi connectivity index (χ4v) is 1.50. The van der Waals surface area contributed by atoms with E-state index in [0.717, 1.165) is 0 Å². The van der Waals surface area contributed by atoms with Crippen LogP contribution in [0, 0.1) is 0 Å². The molecule has 1 aromatic rings. The molecule has 2 rings (SSSR count). The minimum atomic E-state index is -0.452. The highest BCUT2D eigenvalue weighted by Crippen LogP contribution is 2.22. The third kappa shape index (κ3) is 3.25. The van der Waals surface area contributed by atoms with Crippen molar-refractivity contribution in [3.8, 4) is 5.75 Å². The summed E-state index contributed by atoms with van der Waals surface area (Å²) in [4.78, 5) is 11.3. The van der Waals surface area contributed by atoms with Crippen LogP contribution in [-0.4, -0.2) is 25.1 Å². The number of carbonyl (C=O) groups is 1. The molecule has 0 saturated carbocycles. The highest BCUT2D eigenvalue weighted by Gasteiger charge is 2.17. The molecular weight excluding hydrogens is 248 g/mol. The van der Waals surface area contributed by atoms with Crippen molar-refractivity contribution in [2.75, 3.05) is 13.2 Å². The van der Waals surface area contributed by atoms with Gasteiger partial charge in [0.05, 0.1) is 12.2 Å². The predicted octanol–water partition coefficient (Wildman–Crippen LogP) is 1.38. The lowest BCUT2D eigenvalue weighted by molar-refractivity contribution is -0.145. The van der Waals surface area contributed by atoms with E-state index in [1.165, 1.54) is 0 Å². The molecule has 1 aliphatic heterocycles. The molecule has 0 amide bonds. The molecule has 1 aliphatic rings. The third-order valence-electron chi connectivity index (χ3n) is 2.26. The van der Waals surface area contributed by atoms with E-state index in [2.05, 4.69) is 17.1 Å². The lowest BCUT2D eigenvalue weighted by Gasteiger charge is -2.09. The van der Waals surface area contributed by atoms with Gasteiger partial charge in [-0.1, -0.05) is 12.1 Å². The summed E-state index contributed by atoms with van der Waals surface area (Å²) in [6, 6.07) is 7.18. The van der Waals surface area contributed by atoms with Gasteiger partial charge in [-0.25, -0.2) is 10.2 Å². The number of esters is 1. The van der Waals surface area contributed by atoms with Crippen molar-refractivity contribution in [3.05, 3.63) is 42.3 Å². The van der Waals surface area contributed by atoms with E-state index in [1.54, 1.807) is 19.1 Å². The van der Waals surface area contributed by atoms with Crippen molar-refractivity contribution in [1.29, 1.82) is 0 Å². The van der Waals surface area contributed by atoms with E-state index in [0.29, 0.717) is 17.9 Å². The fraction of sp³-hybridized carbons (Fsp3) is 0.231. The summed E-state index contributed by atoms with van der Waals surface area (Å²) in [5.74, 6) is 0.635. The van der Waals surface area contributed by atoms with E-state index in [4.69, 9.17) is 14.2 Å². The Morgan fingerprint density at radius 3 is 3.05 bits per heavy atom.